The van der Waals surface area contributed by atoms with Crippen molar-refractivity contribution in [2.45, 2.75) is 12.8 Å². The summed E-state index contributed by atoms with van der Waals surface area (Å²) in [6, 6.07) is 8.44. The van der Waals surface area contributed by atoms with E-state index < -0.39 is 5.97 Å². The average molecular weight is 249 g/mol. The first kappa shape index (κ1) is 11.9. The topological polar surface area (TPSA) is 40.5 Å². The molecule has 17 heavy (non-hydrogen) atoms. The second-order valence-corrected chi connectivity index (χ2v) is 5.01. The van der Waals surface area contributed by atoms with E-state index in [-0.39, 0.29) is 6.42 Å². The Bertz CT molecular complexity index is 521. The van der Waals surface area contributed by atoms with Crippen LogP contribution in [0.25, 0.3) is 10.1 Å². The zero-order chi connectivity index (χ0) is 12.3. The third-order valence-corrected chi connectivity index (χ3v) is 3.64. The number of nitrogens with zero attached hydrogens (tertiary/aromatic N) is 1. The third-order valence-electron chi connectivity index (χ3n) is 2.76. The van der Waals surface area contributed by atoms with Crippen LogP contribution in [0.4, 0.5) is 5.69 Å². The fourth-order valence-electron chi connectivity index (χ4n) is 1.78. The molecule has 2 aromatic rings. The monoisotopic (exact) mass is 249 g/mol. The van der Waals surface area contributed by atoms with Crippen molar-refractivity contribution >= 4 is 33.1 Å². The standard InChI is InChI=1S/C13H15NO2S/c1-14(7-2-3-13(15)16)11-5-4-10-6-8-17-12(10)9-11/h4-6,8-9H,2-3,7H2,1H3,(H,15,16). The summed E-state index contributed by atoms with van der Waals surface area (Å²) in [4.78, 5) is 12.5. The van der Waals surface area contributed by atoms with Gasteiger partial charge in [-0.3, -0.25) is 4.79 Å². The van der Waals surface area contributed by atoms with Gasteiger partial charge in [-0.05, 0) is 35.4 Å². The van der Waals surface area contributed by atoms with Crippen LogP contribution in [0.1, 0.15) is 12.8 Å². The number of rotatable bonds is 5. The van der Waals surface area contributed by atoms with Crippen molar-refractivity contribution in [2.75, 3.05) is 18.5 Å². The van der Waals surface area contributed by atoms with Gasteiger partial charge in [0.15, 0.2) is 0 Å². The Morgan fingerprint density at radius 1 is 1.41 bits per heavy atom. The Kier molecular flexibility index (Phi) is 3.64. The van der Waals surface area contributed by atoms with Gasteiger partial charge in [-0.2, -0.15) is 0 Å². The van der Waals surface area contributed by atoms with Gasteiger partial charge in [-0.25, -0.2) is 0 Å². The summed E-state index contributed by atoms with van der Waals surface area (Å²) in [6.45, 7) is 0.767. The van der Waals surface area contributed by atoms with Crippen LogP contribution >= 0.6 is 11.3 Å². The van der Waals surface area contributed by atoms with Gasteiger partial charge in [0.05, 0.1) is 0 Å². The lowest BCUT2D eigenvalue weighted by molar-refractivity contribution is -0.137. The lowest BCUT2D eigenvalue weighted by Gasteiger charge is -2.18. The van der Waals surface area contributed by atoms with Gasteiger partial charge in [-0.1, -0.05) is 6.07 Å². The molecule has 1 N–H and O–H groups in total. The maximum Gasteiger partial charge on any atom is 0.303 e. The highest BCUT2D eigenvalue weighted by molar-refractivity contribution is 7.17. The number of carboxylic acid groups (broad SMARTS) is 1. The van der Waals surface area contributed by atoms with E-state index >= 15 is 0 Å². The van der Waals surface area contributed by atoms with Gasteiger partial charge in [-0.15, -0.1) is 11.3 Å². The van der Waals surface area contributed by atoms with Crippen LogP contribution in [0.15, 0.2) is 29.6 Å². The molecule has 4 heteroatoms. The van der Waals surface area contributed by atoms with E-state index in [1.165, 1.54) is 10.1 Å². The van der Waals surface area contributed by atoms with E-state index in [0.717, 1.165) is 12.2 Å². The summed E-state index contributed by atoms with van der Waals surface area (Å²) in [5.74, 6) is -0.730. The van der Waals surface area contributed by atoms with Crippen LogP contribution in [0.5, 0.6) is 0 Å². The average Bonchev–Trinajstić information content (AvgIpc) is 2.75. The van der Waals surface area contributed by atoms with Crippen LogP contribution < -0.4 is 4.90 Å². The molecule has 0 aliphatic rings. The molecule has 0 saturated heterocycles. The molecule has 0 aliphatic heterocycles. The van der Waals surface area contributed by atoms with Crippen molar-refractivity contribution in [1.82, 2.24) is 0 Å². The molecule has 0 saturated carbocycles. The van der Waals surface area contributed by atoms with Crippen LogP contribution in [-0.4, -0.2) is 24.7 Å². The van der Waals surface area contributed by atoms with Crippen molar-refractivity contribution in [3.05, 3.63) is 29.6 Å². The first-order valence-corrected chi connectivity index (χ1v) is 6.45. The number of hydrogen-bond donors (Lipinski definition) is 1. The van der Waals surface area contributed by atoms with E-state index in [1.54, 1.807) is 11.3 Å². The molecule has 0 spiro atoms. The van der Waals surface area contributed by atoms with E-state index in [2.05, 4.69) is 34.5 Å². The molecule has 0 atom stereocenters. The quantitative estimate of drug-likeness (QED) is 0.884. The summed E-state index contributed by atoms with van der Waals surface area (Å²) in [5, 5.41) is 11.9. The first-order valence-electron chi connectivity index (χ1n) is 5.57. The molecular weight excluding hydrogens is 234 g/mol. The van der Waals surface area contributed by atoms with Crippen LogP contribution in [0.2, 0.25) is 0 Å². The predicted octanol–water partition coefficient (Wildman–Crippen LogP) is 3.20. The van der Waals surface area contributed by atoms with E-state index in [9.17, 15) is 4.79 Å². The number of thiophene rings is 1. The largest absolute Gasteiger partial charge is 0.481 e. The molecule has 1 aromatic heterocycles. The van der Waals surface area contributed by atoms with Gasteiger partial charge in [0.25, 0.3) is 0 Å². The Hall–Kier alpha value is -1.55. The van der Waals surface area contributed by atoms with Crippen LogP contribution in [-0.2, 0) is 4.79 Å². The van der Waals surface area contributed by atoms with Gasteiger partial charge >= 0.3 is 5.97 Å². The zero-order valence-corrected chi connectivity index (χ0v) is 10.5. The highest BCUT2D eigenvalue weighted by Gasteiger charge is 2.04. The minimum atomic E-state index is -0.730. The summed E-state index contributed by atoms with van der Waals surface area (Å²) in [5.41, 5.74) is 1.14. The second-order valence-electron chi connectivity index (χ2n) is 4.06. The van der Waals surface area contributed by atoms with E-state index in [1.807, 2.05) is 7.05 Å². The van der Waals surface area contributed by atoms with Crippen molar-refractivity contribution < 1.29 is 9.90 Å². The Morgan fingerprint density at radius 3 is 3.00 bits per heavy atom. The van der Waals surface area contributed by atoms with Gasteiger partial charge in [0, 0.05) is 30.4 Å². The van der Waals surface area contributed by atoms with E-state index in [4.69, 9.17) is 5.11 Å². The number of aliphatic carboxylic acids is 1. The number of carbonyl (C=O) groups is 1. The summed E-state index contributed by atoms with van der Waals surface area (Å²) in [6.07, 6.45) is 0.903. The molecular formula is C13H15NO2S. The Labute approximate surface area is 104 Å². The maximum absolute atomic E-state index is 10.4. The number of anilines is 1. The maximum atomic E-state index is 10.4. The molecule has 3 nitrogen and oxygen atoms in total. The zero-order valence-electron chi connectivity index (χ0n) is 9.72. The van der Waals surface area contributed by atoms with E-state index in [0.29, 0.717) is 6.42 Å². The van der Waals surface area contributed by atoms with Crippen LogP contribution in [0.3, 0.4) is 0 Å². The van der Waals surface area contributed by atoms with Crippen LogP contribution in [0, 0.1) is 0 Å². The lowest BCUT2D eigenvalue weighted by Crippen LogP contribution is -2.19. The summed E-state index contributed by atoms with van der Waals surface area (Å²) < 4.78 is 1.27. The van der Waals surface area contributed by atoms with Gasteiger partial charge in [0.2, 0.25) is 0 Å². The molecule has 90 valence electrons. The van der Waals surface area contributed by atoms with Gasteiger partial charge < -0.3 is 10.0 Å². The lowest BCUT2D eigenvalue weighted by atomic mass is 10.2. The van der Waals surface area contributed by atoms with Crippen molar-refractivity contribution in [3.8, 4) is 0 Å². The molecule has 1 heterocycles. The third kappa shape index (κ3) is 2.97. The summed E-state index contributed by atoms with van der Waals surface area (Å²) in [7, 11) is 2.00. The molecule has 2 rings (SSSR count). The normalized spacial score (nSPS) is 10.6. The summed E-state index contributed by atoms with van der Waals surface area (Å²) >= 11 is 1.73. The molecule has 0 unspecified atom stereocenters. The smallest absolute Gasteiger partial charge is 0.303 e. The first-order chi connectivity index (χ1) is 8.16. The molecule has 0 bridgehead atoms. The number of benzene rings is 1. The molecule has 0 fully saturated rings. The predicted molar refractivity (Wildman–Crippen MR) is 72.0 cm³/mol. The second kappa shape index (κ2) is 5.19. The molecule has 1 aromatic carbocycles. The fourth-order valence-corrected chi connectivity index (χ4v) is 2.60. The molecule has 0 amide bonds. The highest BCUT2D eigenvalue weighted by Crippen LogP contribution is 2.25. The highest BCUT2D eigenvalue weighted by atomic mass is 32.1. The Morgan fingerprint density at radius 2 is 2.24 bits per heavy atom. The fraction of sp³-hybridized carbons (Fsp3) is 0.308. The Balaban J connectivity index is 2.02. The van der Waals surface area contributed by atoms with Gasteiger partial charge in [0.1, 0.15) is 0 Å². The molecule has 0 aliphatic carbocycles. The number of fused-ring (bicyclic) bond motifs is 1. The minimum Gasteiger partial charge on any atom is -0.481 e. The molecule has 0 radical (unpaired) electrons. The SMILES string of the molecule is CN(CCCC(=O)O)c1ccc2ccsc2c1. The van der Waals surface area contributed by atoms with Crippen molar-refractivity contribution in [3.63, 3.8) is 0 Å². The number of hydrogen-bond acceptors (Lipinski definition) is 3. The minimum absolute atomic E-state index is 0.228. The number of carboxylic acids is 1. The van der Waals surface area contributed by atoms with Crippen molar-refractivity contribution in [1.29, 1.82) is 0 Å². The van der Waals surface area contributed by atoms with Crippen molar-refractivity contribution in [2.24, 2.45) is 0 Å².